The number of fused-ring (bicyclic) bond motifs is 1. The van der Waals surface area contributed by atoms with E-state index < -0.39 is 0 Å². The highest BCUT2D eigenvalue weighted by Crippen LogP contribution is 2.33. The van der Waals surface area contributed by atoms with Crippen LogP contribution in [0.3, 0.4) is 0 Å². The number of methoxy groups -OCH3 is 1. The van der Waals surface area contributed by atoms with Crippen molar-refractivity contribution < 1.29 is 14.3 Å². The van der Waals surface area contributed by atoms with Crippen molar-refractivity contribution in [2.75, 3.05) is 38.3 Å². The lowest BCUT2D eigenvalue weighted by molar-refractivity contribution is -0.122. The molecule has 0 N–H and O–H groups in total. The quantitative estimate of drug-likeness (QED) is 0.483. The van der Waals surface area contributed by atoms with Gasteiger partial charge in [0.15, 0.2) is 0 Å². The van der Waals surface area contributed by atoms with Crippen LogP contribution < -0.4 is 10.5 Å². The standard InChI is InChI=1S/C22H26N4O4S2/c1-13-5-6-18-23-19(24-11-14(2)30-15(3)12-24)16(20(27)26(18)10-13)9-17-21(28)25(7-8-29-4)22(31)32-17/h5-6,9-10,14-15H,7-8,11-12H2,1-4H3/b17-9-/t14-,15-/m1/s1. The average molecular weight is 475 g/mol. The maximum Gasteiger partial charge on any atom is 0.267 e. The number of ether oxygens (including phenoxy) is 2. The van der Waals surface area contributed by atoms with E-state index in [1.807, 2.05) is 32.9 Å². The molecule has 0 aliphatic carbocycles. The maximum absolute atomic E-state index is 13.6. The topological polar surface area (TPSA) is 76.4 Å². The van der Waals surface area contributed by atoms with E-state index in [0.717, 1.165) is 5.56 Å². The number of hydrogen-bond acceptors (Lipinski definition) is 8. The predicted molar refractivity (Wildman–Crippen MR) is 130 cm³/mol. The molecule has 0 saturated carbocycles. The van der Waals surface area contributed by atoms with Crippen molar-refractivity contribution in [3.8, 4) is 0 Å². The third-order valence-corrected chi connectivity index (χ3v) is 6.75. The van der Waals surface area contributed by atoms with E-state index in [2.05, 4.69) is 4.90 Å². The Hall–Kier alpha value is -2.27. The van der Waals surface area contributed by atoms with Crippen LogP contribution in [0.25, 0.3) is 11.7 Å². The molecule has 2 aromatic heterocycles. The Labute approximate surface area is 196 Å². The van der Waals surface area contributed by atoms with Crippen LogP contribution in [0, 0.1) is 6.92 Å². The molecule has 8 nitrogen and oxygen atoms in total. The van der Waals surface area contributed by atoms with Gasteiger partial charge in [-0.3, -0.25) is 18.9 Å². The smallest absolute Gasteiger partial charge is 0.267 e. The molecular formula is C22H26N4O4S2. The summed E-state index contributed by atoms with van der Waals surface area (Å²) in [5.41, 5.74) is 1.66. The molecule has 2 aliphatic rings. The number of hydrogen-bond donors (Lipinski definition) is 0. The molecule has 2 atom stereocenters. The number of carbonyl (C=O) groups is 1. The summed E-state index contributed by atoms with van der Waals surface area (Å²) in [4.78, 5) is 35.4. The number of anilines is 1. The lowest BCUT2D eigenvalue weighted by atomic mass is 10.1. The van der Waals surface area contributed by atoms with E-state index in [1.54, 1.807) is 19.4 Å². The summed E-state index contributed by atoms with van der Waals surface area (Å²) in [5, 5.41) is 0. The van der Waals surface area contributed by atoms with Gasteiger partial charge >= 0.3 is 0 Å². The van der Waals surface area contributed by atoms with Crippen LogP contribution in [0.4, 0.5) is 5.82 Å². The largest absolute Gasteiger partial charge is 0.383 e. The Bertz CT molecular complexity index is 1150. The Morgan fingerprint density at radius 3 is 2.69 bits per heavy atom. The van der Waals surface area contributed by atoms with Gasteiger partial charge in [0.05, 0.1) is 35.8 Å². The summed E-state index contributed by atoms with van der Waals surface area (Å²) >= 11 is 6.58. The van der Waals surface area contributed by atoms with Crippen molar-refractivity contribution in [2.45, 2.75) is 33.0 Å². The monoisotopic (exact) mass is 474 g/mol. The predicted octanol–water partition coefficient (Wildman–Crippen LogP) is 2.46. The number of aryl methyl sites for hydroxylation is 1. The fourth-order valence-corrected chi connectivity index (χ4v) is 5.26. The third-order valence-electron chi connectivity index (χ3n) is 5.37. The van der Waals surface area contributed by atoms with Gasteiger partial charge in [0.2, 0.25) is 0 Å². The van der Waals surface area contributed by atoms with Crippen LogP contribution in [0.5, 0.6) is 0 Å². The SMILES string of the molecule is COCCN1C(=O)/C(=C/c2c(N3C[C@@H](C)O[C@H](C)C3)nc3ccc(C)cn3c2=O)SC1=S. The summed E-state index contributed by atoms with van der Waals surface area (Å²) in [5.74, 6) is 0.337. The summed E-state index contributed by atoms with van der Waals surface area (Å²) < 4.78 is 12.9. The lowest BCUT2D eigenvalue weighted by Crippen LogP contribution is -2.46. The number of nitrogens with zero attached hydrogens (tertiary/aromatic N) is 4. The van der Waals surface area contributed by atoms with Gasteiger partial charge in [0.25, 0.3) is 11.5 Å². The van der Waals surface area contributed by atoms with Crippen molar-refractivity contribution >= 4 is 51.7 Å². The molecule has 1 amide bonds. The minimum atomic E-state index is -0.222. The molecule has 0 radical (unpaired) electrons. The molecule has 2 aliphatic heterocycles. The van der Waals surface area contributed by atoms with E-state index in [-0.39, 0.29) is 23.7 Å². The first-order chi connectivity index (χ1) is 15.3. The second kappa shape index (κ2) is 9.30. The molecule has 2 aromatic rings. The maximum atomic E-state index is 13.6. The molecule has 0 aromatic carbocycles. The summed E-state index contributed by atoms with van der Waals surface area (Å²) in [6, 6.07) is 3.76. The first kappa shape index (κ1) is 22.9. The second-order valence-corrected chi connectivity index (χ2v) is 9.75. The first-order valence-corrected chi connectivity index (χ1v) is 11.7. The Morgan fingerprint density at radius 1 is 1.28 bits per heavy atom. The van der Waals surface area contributed by atoms with Gasteiger partial charge < -0.3 is 14.4 Å². The van der Waals surface area contributed by atoms with Gasteiger partial charge in [-0.1, -0.05) is 30.0 Å². The molecule has 2 fully saturated rings. The van der Waals surface area contributed by atoms with Crippen LogP contribution in [0.15, 0.2) is 28.0 Å². The molecule has 0 unspecified atom stereocenters. The van der Waals surface area contributed by atoms with E-state index >= 15 is 0 Å². The Morgan fingerprint density at radius 2 is 2.00 bits per heavy atom. The zero-order valence-corrected chi connectivity index (χ0v) is 20.2. The number of rotatable bonds is 5. The lowest BCUT2D eigenvalue weighted by Gasteiger charge is -2.36. The van der Waals surface area contributed by atoms with Crippen molar-refractivity contribution in [1.82, 2.24) is 14.3 Å². The number of thiocarbonyl (C=S) groups is 1. The normalized spacial score (nSPS) is 23.1. The third kappa shape index (κ3) is 4.45. The number of carbonyl (C=O) groups excluding carboxylic acids is 1. The average Bonchev–Trinajstić information content (AvgIpc) is 3.00. The number of amides is 1. The Balaban J connectivity index is 1.84. The first-order valence-electron chi connectivity index (χ1n) is 10.5. The highest BCUT2D eigenvalue weighted by Gasteiger charge is 2.33. The summed E-state index contributed by atoms with van der Waals surface area (Å²) in [6.07, 6.45) is 3.39. The molecule has 0 spiro atoms. The van der Waals surface area contributed by atoms with E-state index in [4.69, 9.17) is 26.7 Å². The number of morpholine rings is 1. The van der Waals surface area contributed by atoms with Gasteiger partial charge in [0, 0.05) is 26.4 Å². The van der Waals surface area contributed by atoms with E-state index in [9.17, 15) is 9.59 Å². The van der Waals surface area contributed by atoms with E-state index in [0.29, 0.717) is 52.5 Å². The summed E-state index contributed by atoms with van der Waals surface area (Å²) in [7, 11) is 1.58. The van der Waals surface area contributed by atoms with Crippen LogP contribution in [-0.2, 0) is 14.3 Å². The van der Waals surface area contributed by atoms with Gasteiger partial charge in [-0.2, -0.15) is 0 Å². The molecule has 32 heavy (non-hydrogen) atoms. The van der Waals surface area contributed by atoms with Gasteiger partial charge in [-0.05, 0) is 38.5 Å². The van der Waals surface area contributed by atoms with Gasteiger partial charge in [-0.25, -0.2) is 4.98 Å². The van der Waals surface area contributed by atoms with Gasteiger partial charge in [-0.15, -0.1) is 0 Å². The molecule has 2 saturated heterocycles. The fourth-order valence-electron chi connectivity index (χ4n) is 3.97. The van der Waals surface area contributed by atoms with Crippen molar-refractivity contribution in [3.63, 3.8) is 0 Å². The van der Waals surface area contributed by atoms with Crippen LogP contribution >= 0.6 is 24.0 Å². The zero-order valence-electron chi connectivity index (χ0n) is 18.5. The van der Waals surface area contributed by atoms with Crippen LogP contribution in [0.1, 0.15) is 25.0 Å². The molecular weight excluding hydrogens is 448 g/mol. The van der Waals surface area contributed by atoms with Crippen molar-refractivity contribution in [1.29, 1.82) is 0 Å². The minimum absolute atomic E-state index is 0.00266. The number of aromatic nitrogens is 2. The zero-order chi connectivity index (χ0) is 23.0. The Kier molecular flexibility index (Phi) is 6.66. The molecule has 170 valence electrons. The molecule has 4 heterocycles. The molecule has 10 heteroatoms. The van der Waals surface area contributed by atoms with Crippen molar-refractivity contribution in [2.24, 2.45) is 0 Å². The summed E-state index contributed by atoms with van der Waals surface area (Å²) in [6.45, 7) is 7.89. The minimum Gasteiger partial charge on any atom is -0.383 e. The van der Waals surface area contributed by atoms with E-state index in [1.165, 1.54) is 21.1 Å². The fraction of sp³-hybridized carbons (Fsp3) is 0.455. The van der Waals surface area contributed by atoms with Crippen LogP contribution in [-0.4, -0.2) is 70.1 Å². The van der Waals surface area contributed by atoms with Crippen molar-refractivity contribution in [3.05, 3.63) is 44.7 Å². The van der Waals surface area contributed by atoms with Crippen LogP contribution in [0.2, 0.25) is 0 Å². The number of thioether (sulfide) groups is 1. The second-order valence-electron chi connectivity index (χ2n) is 8.08. The highest BCUT2D eigenvalue weighted by atomic mass is 32.2. The van der Waals surface area contributed by atoms with Gasteiger partial charge in [0.1, 0.15) is 15.8 Å². The highest BCUT2D eigenvalue weighted by molar-refractivity contribution is 8.26. The molecule has 4 rings (SSSR count). The number of pyridine rings is 1. The molecule has 0 bridgehead atoms.